The highest BCUT2D eigenvalue weighted by molar-refractivity contribution is 5.89. The quantitative estimate of drug-likeness (QED) is 0.271. The van der Waals surface area contributed by atoms with E-state index in [4.69, 9.17) is 5.73 Å². The first-order chi connectivity index (χ1) is 19.5. The Morgan fingerprint density at radius 1 is 0.952 bits per heavy atom. The number of anilines is 1. The minimum Gasteiger partial charge on any atom is -0.369 e. The Bertz CT molecular complexity index is 1220. The normalized spacial score (nSPS) is 18.9. The second-order valence-electron chi connectivity index (χ2n) is 11.7. The SMILES string of the molecule is CC(N)(CNC(=O)Nc1ccc(CC2CCN(Cc3ccc(C(O)(C(F)(F)F)C(F)(F)F)cc3)CC2)cc1F)C1CC1. The molecule has 1 saturated heterocycles. The van der Waals surface area contributed by atoms with E-state index in [9.17, 15) is 40.6 Å². The number of amides is 2. The molecule has 1 heterocycles. The molecule has 4 rings (SSSR count). The van der Waals surface area contributed by atoms with Gasteiger partial charge in [-0.3, -0.25) is 4.90 Å². The van der Waals surface area contributed by atoms with Gasteiger partial charge in [0.2, 0.25) is 0 Å². The number of hydrogen-bond acceptors (Lipinski definition) is 4. The van der Waals surface area contributed by atoms with Crippen molar-refractivity contribution in [1.29, 1.82) is 0 Å². The zero-order chi connectivity index (χ0) is 30.9. The number of nitrogens with one attached hydrogen (secondary N) is 2. The van der Waals surface area contributed by atoms with Crippen LogP contribution in [0.2, 0.25) is 0 Å². The van der Waals surface area contributed by atoms with Gasteiger partial charge < -0.3 is 21.5 Å². The number of benzene rings is 2. The molecule has 1 aliphatic carbocycles. The molecule has 13 heteroatoms. The molecule has 2 aliphatic rings. The van der Waals surface area contributed by atoms with Crippen molar-refractivity contribution in [3.63, 3.8) is 0 Å². The van der Waals surface area contributed by atoms with Crippen molar-refractivity contribution in [1.82, 2.24) is 10.2 Å². The van der Waals surface area contributed by atoms with Crippen molar-refractivity contribution in [2.45, 2.75) is 69.1 Å². The van der Waals surface area contributed by atoms with Gasteiger partial charge in [-0.25, -0.2) is 9.18 Å². The third-order valence-electron chi connectivity index (χ3n) is 8.25. The lowest BCUT2D eigenvalue weighted by atomic mass is 9.89. The maximum absolute atomic E-state index is 14.7. The number of urea groups is 1. The standard InChI is InChI=1S/C29H35F7N4O2/c1-26(37,21-7-8-21)17-38-25(41)39-24-9-4-20(15-23(24)30)14-18-10-12-40(13-11-18)16-19-2-5-22(6-3-19)27(42,28(31,32)33)29(34,35)36/h2-6,9,15,18,21,42H,7-8,10-14,16-17,37H2,1H3,(H2,38,39,41). The van der Waals surface area contributed by atoms with E-state index in [1.54, 1.807) is 6.07 Å². The maximum atomic E-state index is 14.7. The van der Waals surface area contributed by atoms with E-state index in [0.717, 1.165) is 43.4 Å². The fourth-order valence-corrected chi connectivity index (χ4v) is 5.39. The number of hydrogen-bond donors (Lipinski definition) is 4. The van der Waals surface area contributed by atoms with Crippen LogP contribution < -0.4 is 16.4 Å². The van der Waals surface area contributed by atoms with Crippen LogP contribution >= 0.6 is 0 Å². The highest BCUT2D eigenvalue weighted by Crippen LogP contribution is 2.50. The van der Waals surface area contributed by atoms with Crippen LogP contribution in [0.5, 0.6) is 0 Å². The van der Waals surface area contributed by atoms with Gasteiger partial charge in [-0.1, -0.05) is 30.3 Å². The maximum Gasteiger partial charge on any atom is 0.430 e. The molecule has 5 N–H and O–H groups in total. The summed E-state index contributed by atoms with van der Waals surface area (Å²) in [5.74, 6) is 0.0796. The van der Waals surface area contributed by atoms with Crippen LogP contribution in [0.25, 0.3) is 0 Å². The number of rotatable bonds is 9. The summed E-state index contributed by atoms with van der Waals surface area (Å²) in [6, 6.07) is 7.76. The van der Waals surface area contributed by atoms with Gasteiger partial charge in [0.15, 0.2) is 0 Å². The molecule has 2 aromatic carbocycles. The molecule has 0 spiro atoms. The molecule has 1 aliphatic heterocycles. The number of alkyl halides is 6. The van der Waals surface area contributed by atoms with E-state index in [0.29, 0.717) is 49.7 Å². The first kappa shape index (κ1) is 32.0. The molecule has 42 heavy (non-hydrogen) atoms. The van der Waals surface area contributed by atoms with E-state index in [1.807, 2.05) is 11.8 Å². The lowest BCUT2D eigenvalue weighted by Gasteiger charge is -2.33. The Kier molecular flexibility index (Phi) is 9.15. The Morgan fingerprint density at radius 3 is 2.05 bits per heavy atom. The Balaban J connectivity index is 1.25. The van der Waals surface area contributed by atoms with E-state index < -0.39 is 40.9 Å². The molecule has 2 aromatic rings. The summed E-state index contributed by atoms with van der Waals surface area (Å²) in [6.45, 7) is 3.78. The third kappa shape index (κ3) is 7.35. The van der Waals surface area contributed by atoms with Gasteiger partial charge in [0, 0.05) is 24.2 Å². The molecular formula is C29H35F7N4O2. The Labute approximate surface area is 239 Å². The summed E-state index contributed by atoms with van der Waals surface area (Å²) in [5.41, 5.74) is 0.820. The van der Waals surface area contributed by atoms with Crippen LogP contribution in [0.4, 0.5) is 41.2 Å². The van der Waals surface area contributed by atoms with Crippen LogP contribution in [0.15, 0.2) is 42.5 Å². The fraction of sp³-hybridized carbons (Fsp3) is 0.552. The summed E-state index contributed by atoms with van der Waals surface area (Å²) < 4.78 is 93.4. The number of carbonyl (C=O) groups is 1. The van der Waals surface area contributed by atoms with Crippen molar-refractivity contribution in [2.75, 3.05) is 25.0 Å². The van der Waals surface area contributed by atoms with Gasteiger partial charge in [0.05, 0.1) is 5.69 Å². The van der Waals surface area contributed by atoms with E-state index >= 15 is 0 Å². The second-order valence-corrected chi connectivity index (χ2v) is 11.7. The zero-order valence-electron chi connectivity index (χ0n) is 23.1. The van der Waals surface area contributed by atoms with Crippen LogP contribution in [0.1, 0.15) is 49.3 Å². The largest absolute Gasteiger partial charge is 0.430 e. The number of likely N-dealkylation sites (tertiary alicyclic amines) is 1. The molecule has 1 saturated carbocycles. The number of carbonyl (C=O) groups excluding carboxylic acids is 1. The first-order valence-corrected chi connectivity index (χ1v) is 13.8. The summed E-state index contributed by atoms with van der Waals surface area (Å²) in [7, 11) is 0. The van der Waals surface area contributed by atoms with Gasteiger partial charge in [-0.15, -0.1) is 0 Å². The minimum atomic E-state index is -5.93. The van der Waals surface area contributed by atoms with Gasteiger partial charge in [-0.2, -0.15) is 26.3 Å². The molecule has 2 amide bonds. The van der Waals surface area contributed by atoms with Gasteiger partial charge in [-0.05, 0) is 87.2 Å². The second kappa shape index (κ2) is 12.0. The molecule has 232 valence electrons. The van der Waals surface area contributed by atoms with Crippen molar-refractivity contribution < 1.29 is 40.6 Å². The van der Waals surface area contributed by atoms with Crippen LogP contribution in [0.3, 0.4) is 0 Å². The average molecular weight is 605 g/mol. The zero-order valence-corrected chi connectivity index (χ0v) is 23.1. The highest BCUT2D eigenvalue weighted by Gasteiger charge is 2.71. The predicted octanol–water partition coefficient (Wildman–Crippen LogP) is 5.84. The summed E-state index contributed by atoms with van der Waals surface area (Å²) in [6.07, 6.45) is -7.63. The molecule has 0 bridgehead atoms. The summed E-state index contributed by atoms with van der Waals surface area (Å²) in [5, 5.41) is 14.8. The number of halogens is 7. The molecule has 0 aromatic heterocycles. The summed E-state index contributed by atoms with van der Waals surface area (Å²) >= 11 is 0. The van der Waals surface area contributed by atoms with Crippen molar-refractivity contribution >= 4 is 11.7 Å². The van der Waals surface area contributed by atoms with Crippen molar-refractivity contribution in [3.8, 4) is 0 Å². The Morgan fingerprint density at radius 2 is 1.52 bits per heavy atom. The summed E-state index contributed by atoms with van der Waals surface area (Å²) in [4.78, 5) is 14.2. The molecular weight excluding hydrogens is 569 g/mol. The number of aliphatic hydroxyl groups is 1. The lowest BCUT2D eigenvalue weighted by Crippen LogP contribution is -2.53. The van der Waals surface area contributed by atoms with E-state index in [1.165, 1.54) is 12.1 Å². The lowest BCUT2D eigenvalue weighted by molar-refractivity contribution is -0.376. The van der Waals surface area contributed by atoms with Gasteiger partial charge >= 0.3 is 18.4 Å². The van der Waals surface area contributed by atoms with Crippen molar-refractivity contribution in [3.05, 3.63) is 65.0 Å². The highest BCUT2D eigenvalue weighted by atomic mass is 19.4. The van der Waals surface area contributed by atoms with Gasteiger partial charge in [0.25, 0.3) is 5.60 Å². The molecule has 1 atom stereocenters. The first-order valence-electron chi connectivity index (χ1n) is 13.8. The van der Waals surface area contributed by atoms with Gasteiger partial charge in [0.1, 0.15) is 5.82 Å². The van der Waals surface area contributed by atoms with Crippen LogP contribution in [-0.4, -0.2) is 53.6 Å². The smallest absolute Gasteiger partial charge is 0.369 e. The molecule has 6 nitrogen and oxygen atoms in total. The molecule has 2 fully saturated rings. The number of piperidine rings is 1. The van der Waals surface area contributed by atoms with Crippen LogP contribution in [-0.2, 0) is 18.6 Å². The molecule has 1 unspecified atom stereocenters. The topological polar surface area (TPSA) is 90.6 Å². The Hall–Kier alpha value is -2.90. The predicted molar refractivity (Wildman–Crippen MR) is 143 cm³/mol. The van der Waals surface area contributed by atoms with Crippen molar-refractivity contribution in [2.24, 2.45) is 17.6 Å². The minimum absolute atomic E-state index is 0.0612. The van der Waals surface area contributed by atoms with E-state index in [-0.39, 0.29) is 18.2 Å². The number of nitrogens with zero attached hydrogens (tertiary/aromatic N) is 1. The average Bonchev–Trinajstić information content (AvgIpc) is 3.76. The number of nitrogens with two attached hydrogens (primary N) is 1. The third-order valence-corrected chi connectivity index (χ3v) is 8.25. The van der Waals surface area contributed by atoms with E-state index in [2.05, 4.69) is 10.6 Å². The molecule has 0 radical (unpaired) electrons. The fourth-order valence-electron chi connectivity index (χ4n) is 5.39. The monoisotopic (exact) mass is 604 g/mol. The van der Waals surface area contributed by atoms with Crippen LogP contribution in [0, 0.1) is 17.7 Å².